The van der Waals surface area contributed by atoms with Gasteiger partial charge in [-0.2, -0.15) is 0 Å². The Bertz CT molecular complexity index is 706. The number of rotatable bonds is 4. The van der Waals surface area contributed by atoms with Crippen LogP contribution in [0.5, 0.6) is 0 Å². The van der Waals surface area contributed by atoms with E-state index in [2.05, 4.69) is 48.0 Å². The van der Waals surface area contributed by atoms with Gasteiger partial charge >= 0.3 is 0 Å². The first-order valence-corrected chi connectivity index (χ1v) is 8.68. The molecule has 0 saturated carbocycles. The summed E-state index contributed by atoms with van der Waals surface area (Å²) in [5.41, 5.74) is 4.44. The molecule has 3 rings (SSSR count). The summed E-state index contributed by atoms with van der Waals surface area (Å²) in [7, 11) is 0. The highest BCUT2D eigenvalue weighted by atomic mass is 16.2. The molecule has 126 valence electrons. The van der Waals surface area contributed by atoms with Crippen LogP contribution in [0.15, 0.2) is 42.6 Å². The minimum Gasteiger partial charge on any atom is -0.336 e. The molecule has 2 aromatic rings. The molecule has 0 atom stereocenters. The van der Waals surface area contributed by atoms with Crippen molar-refractivity contribution in [3.63, 3.8) is 0 Å². The van der Waals surface area contributed by atoms with E-state index in [0.29, 0.717) is 0 Å². The topological polar surface area (TPSA) is 36.4 Å². The maximum absolute atomic E-state index is 12.7. The lowest BCUT2D eigenvalue weighted by molar-refractivity contribution is 0.0628. The van der Waals surface area contributed by atoms with Crippen LogP contribution in [0.25, 0.3) is 0 Å². The second-order valence-corrected chi connectivity index (χ2v) is 6.38. The molecular weight excluding hydrogens is 298 g/mol. The van der Waals surface area contributed by atoms with E-state index in [1.54, 1.807) is 6.20 Å². The van der Waals surface area contributed by atoms with E-state index < -0.39 is 0 Å². The zero-order chi connectivity index (χ0) is 16.9. The van der Waals surface area contributed by atoms with Gasteiger partial charge in [0.2, 0.25) is 0 Å². The average molecular weight is 323 g/mol. The van der Waals surface area contributed by atoms with Gasteiger partial charge in [0.05, 0.1) is 0 Å². The summed E-state index contributed by atoms with van der Waals surface area (Å²) in [6.07, 6.45) is 2.59. The first-order chi connectivity index (χ1) is 11.7. The third kappa shape index (κ3) is 3.82. The summed E-state index contributed by atoms with van der Waals surface area (Å²) >= 11 is 0. The number of carbonyl (C=O) groups excluding carboxylic acids is 1. The van der Waals surface area contributed by atoms with E-state index in [1.165, 1.54) is 11.1 Å². The molecule has 2 heterocycles. The molecule has 0 spiro atoms. The Morgan fingerprint density at radius 2 is 1.88 bits per heavy atom. The number of piperazine rings is 1. The lowest BCUT2D eigenvalue weighted by Gasteiger charge is -2.35. The standard InChI is InChI=1S/C20H25N3O/c1-3-19-14-17(8-9-21-19)20(24)23-12-10-22(11-13-23)15-18-7-5-4-6-16(18)2/h4-9,14H,3,10-13,15H2,1-2H3. The van der Waals surface area contributed by atoms with Gasteiger partial charge in [-0.25, -0.2) is 0 Å². The predicted molar refractivity (Wildman–Crippen MR) is 96.0 cm³/mol. The van der Waals surface area contributed by atoms with Crippen LogP contribution in [0.1, 0.15) is 34.1 Å². The van der Waals surface area contributed by atoms with Crippen LogP contribution in [-0.2, 0) is 13.0 Å². The fourth-order valence-corrected chi connectivity index (χ4v) is 3.12. The summed E-state index contributed by atoms with van der Waals surface area (Å²) in [5, 5.41) is 0. The van der Waals surface area contributed by atoms with Gasteiger partial charge in [0.1, 0.15) is 0 Å². The predicted octanol–water partition coefficient (Wildman–Crippen LogP) is 2.91. The van der Waals surface area contributed by atoms with Crippen molar-refractivity contribution in [3.8, 4) is 0 Å². The van der Waals surface area contributed by atoms with Gasteiger partial charge in [-0.3, -0.25) is 14.7 Å². The van der Waals surface area contributed by atoms with Crippen LogP contribution >= 0.6 is 0 Å². The summed E-state index contributed by atoms with van der Waals surface area (Å²) in [5.74, 6) is 0.127. The Kier molecular flexibility index (Phi) is 5.26. The van der Waals surface area contributed by atoms with Crippen molar-refractivity contribution in [2.75, 3.05) is 26.2 Å². The Morgan fingerprint density at radius 1 is 1.12 bits per heavy atom. The van der Waals surface area contributed by atoms with E-state index in [0.717, 1.165) is 50.4 Å². The molecule has 0 bridgehead atoms. The summed E-state index contributed by atoms with van der Waals surface area (Å²) in [6.45, 7) is 8.59. The molecular formula is C20H25N3O. The third-order valence-corrected chi connectivity index (χ3v) is 4.74. The number of hydrogen-bond donors (Lipinski definition) is 0. The smallest absolute Gasteiger partial charge is 0.254 e. The zero-order valence-electron chi connectivity index (χ0n) is 14.5. The number of nitrogens with zero attached hydrogens (tertiary/aromatic N) is 3. The Morgan fingerprint density at radius 3 is 2.58 bits per heavy atom. The third-order valence-electron chi connectivity index (χ3n) is 4.74. The van der Waals surface area contributed by atoms with Gasteiger partial charge in [-0.15, -0.1) is 0 Å². The highest BCUT2D eigenvalue weighted by Crippen LogP contribution is 2.14. The molecule has 0 aliphatic carbocycles. The number of aromatic nitrogens is 1. The molecule has 4 nitrogen and oxygen atoms in total. The van der Waals surface area contributed by atoms with Crippen LogP contribution < -0.4 is 0 Å². The molecule has 1 amide bonds. The maximum Gasteiger partial charge on any atom is 0.254 e. The van der Waals surface area contributed by atoms with Crippen molar-refractivity contribution in [3.05, 3.63) is 65.0 Å². The molecule has 0 N–H and O–H groups in total. The number of amides is 1. The molecule has 1 saturated heterocycles. The minimum atomic E-state index is 0.127. The molecule has 1 aliphatic rings. The Labute approximate surface area is 144 Å². The average Bonchev–Trinajstić information content (AvgIpc) is 2.64. The zero-order valence-corrected chi connectivity index (χ0v) is 14.5. The fourth-order valence-electron chi connectivity index (χ4n) is 3.12. The van der Waals surface area contributed by atoms with Crippen molar-refractivity contribution in [2.24, 2.45) is 0 Å². The van der Waals surface area contributed by atoms with E-state index in [-0.39, 0.29) is 5.91 Å². The quantitative estimate of drug-likeness (QED) is 0.868. The second-order valence-electron chi connectivity index (χ2n) is 6.38. The second kappa shape index (κ2) is 7.58. The monoisotopic (exact) mass is 323 g/mol. The van der Waals surface area contributed by atoms with E-state index in [1.807, 2.05) is 17.0 Å². The molecule has 4 heteroatoms. The molecule has 0 unspecified atom stereocenters. The molecule has 0 radical (unpaired) electrons. The number of aryl methyl sites for hydroxylation is 2. The first kappa shape index (κ1) is 16.7. The molecule has 1 aliphatic heterocycles. The largest absolute Gasteiger partial charge is 0.336 e. The maximum atomic E-state index is 12.7. The number of pyridine rings is 1. The minimum absolute atomic E-state index is 0.127. The SMILES string of the molecule is CCc1cc(C(=O)N2CCN(Cc3ccccc3C)CC2)ccn1. The van der Waals surface area contributed by atoms with E-state index in [4.69, 9.17) is 0 Å². The van der Waals surface area contributed by atoms with E-state index >= 15 is 0 Å². The van der Waals surface area contributed by atoms with Crippen LogP contribution in [0.2, 0.25) is 0 Å². The molecule has 24 heavy (non-hydrogen) atoms. The van der Waals surface area contributed by atoms with Gasteiger partial charge in [0.15, 0.2) is 0 Å². The summed E-state index contributed by atoms with van der Waals surface area (Å²) in [4.78, 5) is 21.3. The van der Waals surface area contributed by atoms with E-state index in [9.17, 15) is 4.79 Å². The number of hydrogen-bond acceptors (Lipinski definition) is 3. The molecule has 1 aromatic heterocycles. The van der Waals surface area contributed by atoms with Crippen LogP contribution in [-0.4, -0.2) is 46.9 Å². The van der Waals surface area contributed by atoms with Crippen LogP contribution in [0.3, 0.4) is 0 Å². The lowest BCUT2D eigenvalue weighted by atomic mass is 10.1. The number of carbonyl (C=O) groups is 1. The highest BCUT2D eigenvalue weighted by Gasteiger charge is 2.22. The molecule has 1 aromatic carbocycles. The summed E-state index contributed by atoms with van der Waals surface area (Å²) in [6, 6.07) is 12.3. The van der Waals surface area contributed by atoms with Crippen molar-refractivity contribution in [1.82, 2.24) is 14.8 Å². The Hall–Kier alpha value is -2.20. The number of benzene rings is 1. The fraction of sp³-hybridized carbons (Fsp3) is 0.400. The van der Waals surface area contributed by atoms with Crippen molar-refractivity contribution in [1.29, 1.82) is 0 Å². The van der Waals surface area contributed by atoms with Crippen molar-refractivity contribution < 1.29 is 4.79 Å². The van der Waals surface area contributed by atoms with Crippen molar-refractivity contribution in [2.45, 2.75) is 26.8 Å². The van der Waals surface area contributed by atoms with Gasteiger partial charge in [0, 0.05) is 50.2 Å². The highest BCUT2D eigenvalue weighted by molar-refractivity contribution is 5.94. The van der Waals surface area contributed by atoms with Gasteiger partial charge < -0.3 is 4.90 Å². The van der Waals surface area contributed by atoms with Crippen LogP contribution in [0, 0.1) is 6.92 Å². The summed E-state index contributed by atoms with van der Waals surface area (Å²) < 4.78 is 0. The normalized spacial score (nSPS) is 15.5. The van der Waals surface area contributed by atoms with Crippen molar-refractivity contribution >= 4 is 5.91 Å². The van der Waals surface area contributed by atoms with Gasteiger partial charge in [-0.05, 0) is 36.6 Å². The molecule has 1 fully saturated rings. The Balaban J connectivity index is 1.58. The van der Waals surface area contributed by atoms with Crippen LogP contribution in [0.4, 0.5) is 0 Å². The van der Waals surface area contributed by atoms with Gasteiger partial charge in [-0.1, -0.05) is 31.2 Å². The lowest BCUT2D eigenvalue weighted by Crippen LogP contribution is -2.48. The van der Waals surface area contributed by atoms with Gasteiger partial charge in [0.25, 0.3) is 5.91 Å². The first-order valence-electron chi connectivity index (χ1n) is 8.68.